The third-order valence-corrected chi connectivity index (χ3v) is 2.36. The van der Waals surface area contributed by atoms with Gasteiger partial charge in [0.1, 0.15) is 11.4 Å². The van der Waals surface area contributed by atoms with Crippen LogP contribution in [-0.2, 0) is 7.05 Å². The van der Waals surface area contributed by atoms with Gasteiger partial charge in [0, 0.05) is 7.05 Å². The van der Waals surface area contributed by atoms with Gasteiger partial charge in [-0.15, -0.1) is 0 Å². The van der Waals surface area contributed by atoms with Gasteiger partial charge in [-0.25, -0.2) is 19.3 Å². The van der Waals surface area contributed by atoms with E-state index in [-0.39, 0.29) is 11.4 Å². The summed E-state index contributed by atoms with van der Waals surface area (Å²) in [4.78, 5) is 22.9. The van der Waals surface area contributed by atoms with Crippen molar-refractivity contribution in [2.75, 3.05) is 0 Å². The second-order valence-electron chi connectivity index (χ2n) is 3.59. The quantitative estimate of drug-likeness (QED) is 0.704. The molecule has 1 heterocycles. The Morgan fingerprint density at radius 3 is 2.56 bits per heavy atom. The lowest BCUT2D eigenvalue weighted by molar-refractivity contribution is 0.469. The van der Waals surface area contributed by atoms with E-state index in [2.05, 4.69) is 5.10 Å². The minimum atomic E-state index is -0.522. The molecule has 2 aromatic rings. The Bertz CT molecular complexity index is 648. The third kappa shape index (κ3) is 1.44. The summed E-state index contributed by atoms with van der Waals surface area (Å²) in [6.07, 6.45) is 0. The summed E-state index contributed by atoms with van der Waals surface area (Å²) in [6.45, 7) is 1.83. The van der Waals surface area contributed by atoms with E-state index in [1.54, 1.807) is 12.1 Å². The zero-order chi connectivity index (χ0) is 11.9. The van der Waals surface area contributed by atoms with Crippen LogP contribution in [0.15, 0.2) is 27.8 Å². The van der Waals surface area contributed by atoms with Crippen LogP contribution in [0.5, 0.6) is 5.75 Å². The highest BCUT2D eigenvalue weighted by Crippen LogP contribution is 2.19. The molecule has 6 nitrogen and oxygen atoms in total. The Morgan fingerprint density at radius 1 is 1.31 bits per heavy atom. The smallest absolute Gasteiger partial charge is 0.351 e. The molecule has 6 heteroatoms. The van der Waals surface area contributed by atoms with Gasteiger partial charge in [0.15, 0.2) is 0 Å². The Hall–Kier alpha value is -2.24. The number of aromatic hydroxyl groups is 1. The molecule has 0 amide bonds. The summed E-state index contributed by atoms with van der Waals surface area (Å²) < 4.78 is 1.95. The highest BCUT2D eigenvalue weighted by Gasteiger charge is 2.10. The van der Waals surface area contributed by atoms with Crippen molar-refractivity contribution in [3.05, 3.63) is 44.7 Å². The molecule has 16 heavy (non-hydrogen) atoms. The maximum Gasteiger partial charge on any atom is 0.351 e. The van der Waals surface area contributed by atoms with Gasteiger partial charge >= 0.3 is 11.4 Å². The van der Waals surface area contributed by atoms with Crippen LogP contribution >= 0.6 is 0 Å². The second-order valence-corrected chi connectivity index (χ2v) is 3.59. The van der Waals surface area contributed by atoms with E-state index in [0.29, 0.717) is 0 Å². The van der Waals surface area contributed by atoms with Crippen molar-refractivity contribution >= 4 is 0 Å². The lowest BCUT2D eigenvalue weighted by Gasteiger charge is -2.04. The van der Waals surface area contributed by atoms with Crippen molar-refractivity contribution in [3.8, 4) is 11.4 Å². The molecule has 0 bridgehead atoms. The van der Waals surface area contributed by atoms with Crippen LogP contribution in [0.1, 0.15) is 5.56 Å². The second kappa shape index (κ2) is 3.41. The Kier molecular flexibility index (Phi) is 2.19. The van der Waals surface area contributed by atoms with Gasteiger partial charge in [0.05, 0.1) is 0 Å². The maximum atomic E-state index is 11.6. The monoisotopic (exact) mass is 221 g/mol. The first-order valence-corrected chi connectivity index (χ1v) is 4.69. The molecule has 84 valence electrons. The van der Waals surface area contributed by atoms with Gasteiger partial charge < -0.3 is 5.11 Å². The topological polar surface area (TPSA) is 80.0 Å². The zero-order valence-corrected chi connectivity index (χ0v) is 8.89. The van der Waals surface area contributed by atoms with Gasteiger partial charge in [0.2, 0.25) is 0 Å². The number of phenolic OH excluding ortho intramolecular Hbond substituents is 1. The van der Waals surface area contributed by atoms with Crippen molar-refractivity contribution in [1.82, 2.24) is 14.3 Å². The van der Waals surface area contributed by atoms with E-state index in [1.807, 2.05) is 6.92 Å². The number of hydrogen-bond acceptors (Lipinski definition) is 3. The van der Waals surface area contributed by atoms with Gasteiger partial charge in [-0.05, 0) is 24.6 Å². The van der Waals surface area contributed by atoms with Gasteiger partial charge in [-0.2, -0.15) is 4.68 Å². The van der Waals surface area contributed by atoms with E-state index in [9.17, 15) is 14.7 Å². The van der Waals surface area contributed by atoms with E-state index in [1.165, 1.54) is 13.1 Å². The highest BCUT2D eigenvalue weighted by atomic mass is 16.3. The van der Waals surface area contributed by atoms with Crippen molar-refractivity contribution in [2.24, 2.45) is 7.05 Å². The predicted molar refractivity (Wildman–Crippen MR) is 58.0 cm³/mol. The van der Waals surface area contributed by atoms with E-state index >= 15 is 0 Å². The summed E-state index contributed by atoms with van der Waals surface area (Å²) in [5.74, 6) is -0.0606. The number of H-pyrrole nitrogens is 1. The molecule has 0 aliphatic rings. The molecular formula is C10H11N3O3. The average molecular weight is 221 g/mol. The number of aryl methyl sites for hydroxylation is 1. The van der Waals surface area contributed by atoms with E-state index < -0.39 is 11.4 Å². The lowest BCUT2D eigenvalue weighted by atomic mass is 10.2. The standard InChI is InChI=1S/C10H11N3O3/c1-6-3-4-8(14)7(5-6)13-10(16)12(2)9(15)11-13/h3-5,14H,1-2H3,(H,11,15). The number of aromatic amines is 1. The fourth-order valence-electron chi connectivity index (χ4n) is 1.43. The maximum absolute atomic E-state index is 11.6. The summed E-state index contributed by atoms with van der Waals surface area (Å²) in [7, 11) is 1.37. The minimum absolute atomic E-state index is 0.0606. The van der Waals surface area contributed by atoms with Gasteiger partial charge in [-0.1, -0.05) is 6.07 Å². The van der Waals surface area contributed by atoms with Crippen LogP contribution in [0.25, 0.3) is 5.69 Å². The molecule has 0 atom stereocenters. The first-order chi connectivity index (χ1) is 7.50. The molecule has 1 aromatic heterocycles. The summed E-state index contributed by atoms with van der Waals surface area (Å²) in [5.41, 5.74) is 0.101. The summed E-state index contributed by atoms with van der Waals surface area (Å²) in [5, 5.41) is 12.0. The number of nitrogens with one attached hydrogen (secondary N) is 1. The zero-order valence-electron chi connectivity index (χ0n) is 8.89. The van der Waals surface area contributed by atoms with Crippen molar-refractivity contribution < 1.29 is 5.11 Å². The molecule has 0 radical (unpaired) electrons. The molecule has 0 saturated heterocycles. The Morgan fingerprint density at radius 2 is 2.00 bits per heavy atom. The van der Waals surface area contributed by atoms with Crippen LogP contribution in [-0.4, -0.2) is 19.5 Å². The number of aromatic nitrogens is 3. The largest absolute Gasteiger partial charge is 0.506 e. The number of nitrogens with zero attached hydrogens (tertiary/aromatic N) is 2. The predicted octanol–water partition coefficient (Wildman–Crippen LogP) is -0.122. The van der Waals surface area contributed by atoms with Gasteiger partial charge in [0.25, 0.3) is 0 Å². The molecule has 0 spiro atoms. The number of hydrogen-bond donors (Lipinski definition) is 2. The molecule has 1 aromatic carbocycles. The van der Waals surface area contributed by atoms with Crippen molar-refractivity contribution in [3.63, 3.8) is 0 Å². The van der Waals surface area contributed by atoms with E-state index in [0.717, 1.165) is 14.8 Å². The SMILES string of the molecule is Cc1ccc(O)c(-n2[nH]c(=O)n(C)c2=O)c1. The summed E-state index contributed by atoms with van der Waals surface area (Å²) in [6, 6.07) is 4.81. The Balaban J connectivity index is 2.77. The normalized spacial score (nSPS) is 10.6. The average Bonchev–Trinajstić information content (AvgIpc) is 2.50. The van der Waals surface area contributed by atoms with Crippen LogP contribution in [0.3, 0.4) is 0 Å². The Labute approximate surface area is 90.4 Å². The third-order valence-electron chi connectivity index (χ3n) is 2.36. The van der Waals surface area contributed by atoms with Gasteiger partial charge in [-0.3, -0.25) is 0 Å². The van der Waals surface area contributed by atoms with Crippen LogP contribution in [0.2, 0.25) is 0 Å². The highest BCUT2D eigenvalue weighted by molar-refractivity contribution is 5.46. The molecule has 0 fully saturated rings. The molecule has 2 rings (SSSR count). The summed E-state index contributed by atoms with van der Waals surface area (Å²) >= 11 is 0. The molecule has 0 unspecified atom stereocenters. The molecule has 0 aliphatic heterocycles. The number of phenols is 1. The molecule has 0 aliphatic carbocycles. The first kappa shape index (κ1) is 10.3. The first-order valence-electron chi connectivity index (χ1n) is 4.69. The van der Waals surface area contributed by atoms with E-state index in [4.69, 9.17) is 0 Å². The minimum Gasteiger partial charge on any atom is -0.506 e. The fourth-order valence-corrected chi connectivity index (χ4v) is 1.43. The fraction of sp³-hybridized carbons (Fsp3) is 0.200. The molecular weight excluding hydrogens is 210 g/mol. The van der Waals surface area contributed by atoms with Crippen molar-refractivity contribution in [1.29, 1.82) is 0 Å². The number of rotatable bonds is 1. The van der Waals surface area contributed by atoms with Crippen LogP contribution in [0, 0.1) is 6.92 Å². The van der Waals surface area contributed by atoms with Crippen molar-refractivity contribution in [2.45, 2.75) is 6.92 Å². The molecule has 0 saturated carbocycles. The van der Waals surface area contributed by atoms with Crippen LogP contribution in [0.4, 0.5) is 0 Å². The lowest BCUT2D eigenvalue weighted by Crippen LogP contribution is -2.25. The van der Waals surface area contributed by atoms with Crippen LogP contribution < -0.4 is 11.4 Å². The molecule has 2 N–H and O–H groups in total. The number of benzene rings is 1.